The minimum atomic E-state index is -0.605. The largest absolute Gasteiger partial charge is 0.490 e. The normalized spacial score (nSPS) is 11.2. The third-order valence-corrected chi connectivity index (χ3v) is 6.48. The predicted molar refractivity (Wildman–Crippen MR) is 186 cm³/mol. The number of aryl methyl sites for hydroxylation is 1. The lowest BCUT2D eigenvalue weighted by atomic mass is 10.2. The van der Waals surface area contributed by atoms with Gasteiger partial charge in [-0.25, -0.2) is 14.0 Å². The molecule has 0 atom stereocenters. The van der Waals surface area contributed by atoms with Crippen molar-refractivity contribution in [2.45, 2.75) is 20.8 Å². The van der Waals surface area contributed by atoms with Crippen molar-refractivity contribution in [3.8, 4) is 11.5 Å². The van der Waals surface area contributed by atoms with Gasteiger partial charge in [0.25, 0.3) is 0 Å². The molecule has 4 aromatic rings. The standard InChI is InChI=1S/C37H35FN6O6/c1-24(2)36(45)49-20-18-47-31-12-6-27(7-13-31)39-41-29-10-16-34(26(5)22-29)43-44-35-17-11-30(23-33(35)38)42-40-28-8-14-32(15-9-28)48-19-21-50-37(46)25(3)4/h6-17,22-23H,1,3,18-21H2,2,4-5H3. The second-order valence-corrected chi connectivity index (χ2v) is 10.7. The lowest BCUT2D eigenvalue weighted by Gasteiger charge is -2.07. The zero-order valence-electron chi connectivity index (χ0n) is 27.8. The van der Waals surface area contributed by atoms with Crippen LogP contribution in [0.25, 0.3) is 0 Å². The molecule has 256 valence electrons. The van der Waals surface area contributed by atoms with Gasteiger partial charge in [0.2, 0.25) is 0 Å². The van der Waals surface area contributed by atoms with E-state index in [1.807, 2.05) is 6.92 Å². The fourth-order valence-corrected chi connectivity index (χ4v) is 3.84. The summed E-state index contributed by atoms with van der Waals surface area (Å²) in [6.07, 6.45) is 0. The van der Waals surface area contributed by atoms with Crippen LogP contribution in [-0.4, -0.2) is 38.4 Å². The third-order valence-electron chi connectivity index (χ3n) is 6.48. The van der Waals surface area contributed by atoms with E-state index in [2.05, 4.69) is 43.8 Å². The second kappa shape index (κ2) is 18.2. The molecule has 4 aromatic carbocycles. The van der Waals surface area contributed by atoms with E-state index in [1.54, 1.807) is 86.6 Å². The highest BCUT2D eigenvalue weighted by Gasteiger charge is 2.06. The Balaban J connectivity index is 1.26. The van der Waals surface area contributed by atoms with Gasteiger partial charge < -0.3 is 18.9 Å². The maximum absolute atomic E-state index is 14.8. The summed E-state index contributed by atoms with van der Waals surface area (Å²) in [5, 5.41) is 25.0. The summed E-state index contributed by atoms with van der Waals surface area (Å²) in [5.74, 6) is -0.360. The summed E-state index contributed by atoms with van der Waals surface area (Å²) in [6.45, 7) is 12.7. The van der Waals surface area contributed by atoms with E-state index >= 15 is 0 Å². The van der Waals surface area contributed by atoms with Crippen LogP contribution in [0.1, 0.15) is 19.4 Å². The van der Waals surface area contributed by atoms with Crippen LogP contribution in [0.4, 0.5) is 38.5 Å². The van der Waals surface area contributed by atoms with Gasteiger partial charge in [0.05, 0.1) is 28.4 Å². The number of hydrogen-bond acceptors (Lipinski definition) is 12. The van der Waals surface area contributed by atoms with Crippen LogP contribution in [0.15, 0.2) is 140 Å². The number of esters is 2. The molecule has 0 heterocycles. The van der Waals surface area contributed by atoms with Crippen molar-refractivity contribution in [1.82, 2.24) is 0 Å². The summed E-state index contributed by atoms with van der Waals surface area (Å²) in [7, 11) is 0. The molecule has 0 aliphatic carbocycles. The van der Waals surface area contributed by atoms with E-state index < -0.39 is 17.8 Å². The monoisotopic (exact) mass is 678 g/mol. The summed E-state index contributed by atoms with van der Waals surface area (Å²) in [4.78, 5) is 22.8. The molecule has 12 nitrogen and oxygen atoms in total. The number of nitrogens with zero attached hydrogens (tertiary/aromatic N) is 6. The lowest BCUT2D eigenvalue weighted by Crippen LogP contribution is -2.12. The Morgan fingerprint density at radius 3 is 1.40 bits per heavy atom. The van der Waals surface area contributed by atoms with Crippen LogP contribution in [0, 0.1) is 12.7 Å². The molecule has 0 unspecified atom stereocenters. The topological polar surface area (TPSA) is 145 Å². The van der Waals surface area contributed by atoms with E-state index in [4.69, 9.17) is 18.9 Å². The summed E-state index contributed by atoms with van der Waals surface area (Å²) >= 11 is 0. The SMILES string of the molecule is C=C(C)C(=O)OCCOc1ccc(N=Nc2ccc(N=Nc3ccc(N=Nc4ccc(OCCOC(=O)C(=C)C)cc4)cc3F)c(C)c2)cc1. The Kier molecular flexibility index (Phi) is 13.3. The number of benzene rings is 4. The van der Waals surface area contributed by atoms with Crippen molar-refractivity contribution in [3.05, 3.63) is 121 Å². The Morgan fingerprint density at radius 2 is 0.960 bits per heavy atom. The third kappa shape index (κ3) is 11.7. The van der Waals surface area contributed by atoms with E-state index in [9.17, 15) is 14.0 Å². The first-order valence-corrected chi connectivity index (χ1v) is 15.3. The first kappa shape index (κ1) is 36.5. The molecule has 13 heteroatoms. The van der Waals surface area contributed by atoms with Gasteiger partial charge in [-0.15, -0.1) is 5.11 Å². The van der Waals surface area contributed by atoms with Gasteiger partial charge >= 0.3 is 11.9 Å². The van der Waals surface area contributed by atoms with Crippen molar-refractivity contribution in [1.29, 1.82) is 0 Å². The number of rotatable bonds is 16. The van der Waals surface area contributed by atoms with E-state index in [0.29, 0.717) is 51.1 Å². The average molecular weight is 679 g/mol. The van der Waals surface area contributed by atoms with E-state index in [-0.39, 0.29) is 32.1 Å². The molecule has 0 fully saturated rings. The quantitative estimate of drug-likeness (QED) is 0.0499. The van der Waals surface area contributed by atoms with Crippen LogP contribution >= 0.6 is 0 Å². The van der Waals surface area contributed by atoms with E-state index in [0.717, 1.165) is 5.56 Å². The van der Waals surface area contributed by atoms with Crippen molar-refractivity contribution in [2.24, 2.45) is 30.7 Å². The number of carbonyl (C=O) groups is 2. The minimum absolute atomic E-state index is 0.0443. The molecular formula is C37H35FN6O6. The molecule has 50 heavy (non-hydrogen) atoms. The van der Waals surface area contributed by atoms with Gasteiger partial charge in [-0.1, -0.05) is 13.2 Å². The predicted octanol–water partition coefficient (Wildman–Crippen LogP) is 10.4. The van der Waals surface area contributed by atoms with Crippen molar-refractivity contribution >= 4 is 46.1 Å². The van der Waals surface area contributed by atoms with Crippen molar-refractivity contribution < 1.29 is 32.9 Å². The average Bonchev–Trinajstić information content (AvgIpc) is 3.11. The maximum Gasteiger partial charge on any atom is 0.333 e. The van der Waals surface area contributed by atoms with Gasteiger partial charge in [-0.2, -0.15) is 25.6 Å². The Labute approximate surface area is 288 Å². The first-order valence-electron chi connectivity index (χ1n) is 15.3. The number of hydrogen-bond donors (Lipinski definition) is 0. The second-order valence-electron chi connectivity index (χ2n) is 10.7. The number of carbonyl (C=O) groups excluding carboxylic acids is 2. The summed E-state index contributed by atoms with van der Waals surface area (Å²) in [6, 6.07) is 23.3. The van der Waals surface area contributed by atoms with Crippen molar-refractivity contribution in [3.63, 3.8) is 0 Å². The maximum atomic E-state index is 14.8. The molecular weight excluding hydrogens is 643 g/mol. The molecule has 0 saturated heterocycles. The molecule has 0 bridgehead atoms. The lowest BCUT2D eigenvalue weighted by molar-refractivity contribution is -0.140. The van der Waals surface area contributed by atoms with Crippen LogP contribution in [0.5, 0.6) is 11.5 Å². The van der Waals surface area contributed by atoms with Crippen LogP contribution in [0.2, 0.25) is 0 Å². The van der Waals surface area contributed by atoms with Gasteiger partial charge in [0.15, 0.2) is 5.82 Å². The molecule has 0 saturated carbocycles. The highest BCUT2D eigenvalue weighted by Crippen LogP contribution is 2.30. The van der Waals surface area contributed by atoms with Crippen LogP contribution in [0.3, 0.4) is 0 Å². The van der Waals surface area contributed by atoms with Gasteiger partial charge in [0, 0.05) is 17.2 Å². The molecule has 0 aliphatic rings. The number of ether oxygens (including phenoxy) is 4. The fraction of sp³-hybridized carbons (Fsp3) is 0.189. The smallest absolute Gasteiger partial charge is 0.333 e. The Morgan fingerprint density at radius 1 is 0.560 bits per heavy atom. The Bertz CT molecular complexity index is 1790. The number of halogens is 1. The van der Waals surface area contributed by atoms with E-state index in [1.165, 1.54) is 12.1 Å². The van der Waals surface area contributed by atoms with Crippen LogP contribution < -0.4 is 9.47 Å². The molecule has 0 aromatic heterocycles. The zero-order valence-corrected chi connectivity index (χ0v) is 27.8. The van der Waals surface area contributed by atoms with Crippen molar-refractivity contribution in [2.75, 3.05) is 26.4 Å². The molecule has 0 amide bonds. The minimum Gasteiger partial charge on any atom is -0.490 e. The number of azo groups is 3. The van der Waals surface area contributed by atoms with Gasteiger partial charge in [-0.05, 0) is 105 Å². The highest BCUT2D eigenvalue weighted by atomic mass is 19.1. The highest BCUT2D eigenvalue weighted by molar-refractivity contribution is 5.87. The molecule has 0 aliphatic heterocycles. The molecule has 0 N–H and O–H groups in total. The van der Waals surface area contributed by atoms with Gasteiger partial charge in [0.1, 0.15) is 43.6 Å². The molecule has 4 rings (SSSR count). The Hall–Kier alpha value is -6.37. The molecule has 0 radical (unpaired) electrons. The first-order chi connectivity index (χ1) is 24.1. The van der Waals surface area contributed by atoms with Crippen LogP contribution in [-0.2, 0) is 19.1 Å². The summed E-state index contributed by atoms with van der Waals surface area (Å²) < 4.78 is 35.9. The fourth-order valence-electron chi connectivity index (χ4n) is 3.84. The zero-order chi connectivity index (χ0) is 35.9. The summed E-state index contributed by atoms with van der Waals surface area (Å²) in [5.41, 5.74) is 4.07. The molecule has 0 spiro atoms. The van der Waals surface area contributed by atoms with Gasteiger partial charge in [-0.3, -0.25) is 0 Å².